The van der Waals surface area contributed by atoms with Crippen LogP contribution in [0.5, 0.6) is 5.75 Å². The van der Waals surface area contributed by atoms with Crippen molar-refractivity contribution in [3.05, 3.63) is 29.3 Å². The van der Waals surface area contributed by atoms with Crippen LogP contribution in [0.4, 0.5) is 4.79 Å². The molecule has 1 rings (SSSR count). The average molecular weight is 323 g/mol. The van der Waals surface area contributed by atoms with E-state index in [9.17, 15) is 14.7 Å². The molecule has 0 aliphatic carbocycles. The van der Waals surface area contributed by atoms with Crippen molar-refractivity contribution in [3.63, 3.8) is 0 Å². The Labute approximate surface area is 136 Å². The Morgan fingerprint density at radius 1 is 1.30 bits per heavy atom. The normalized spacial score (nSPS) is 12.4. The quantitative estimate of drug-likeness (QED) is 0.841. The van der Waals surface area contributed by atoms with Crippen molar-refractivity contribution in [2.45, 2.75) is 52.7 Å². The molecule has 0 saturated heterocycles. The first kappa shape index (κ1) is 18.8. The third-order valence-electron chi connectivity index (χ3n) is 3.00. The van der Waals surface area contributed by atoms with E-state index in [2.05, 4.69) is 5.32 Å². The molecule has 23 heavy (non-hydrogen) atoms. The Morgan fingerprint density at radius 3 is 2.48 bits per heavy atom. The van der Waals surface area contributed by atoms with Gasteiger partial charge in [-0.05, 0) is 45.7 Å². The van der Waals surface area contributed by atoms with Crippen molar-refractivity contribution in [3.8, 4) is 5.75 Å². The highest BCUT2D eigenvalue weighted by molar-refractivity contribution is 5.80. The second kappa shape index (κ2) is 7.85. The molecule has 0 spiro atoms. The molecule has 1 aromatic rings. The second-order valence-electron chi connectivity index (χ2n) is 6.24. The Bertz CT molecular complexity index is 563. The zero-order valence-corrected chi connectivity index (χ0v) is 14.3. The summed E-state index contributed by atoms with van der Waals surface area (Å²) in [5.74, 6) is -0.466. The molecule has 0 fully saturated rings. The first-order chi connectivity index (χ1) is 10.6. The third-order valence-corrected chi connectivity index (χ3v) is 3.00. The molecule has 0 bridgehead atoms. The molecule has 0 aromatic heterocycles. The van der Waals surface area contributed by atoms with Gasteiger partial charge in [-0.15, -0.1) is 0 Å². The van der Waals surface area contributed by atoms with Gasteiger partial charge in [0.1, 0.15) is 17.4 Å². The lowest BCUT2D eigenvalue weighted by atomic mass is 10.0. The van der Waals surface area contributed by atoms with Gasteiger partial charge in [-0.25, -0.2) is 9.59 Å². The van der Waals surface area contributed by atoms with Gasteiger partial charge in [-0.1, -0.05) is 18.2 Å². The highest BCUT2D eigenvalue weighted by Crippen LogP contribution is 2.25. The number of aryl methyl sites for hydroxylation is 1. The fourth-order valence-corrected chi connectivity index (χ4v) is 2.09. The Balaban J connectivity index is 2.91. The standard InChI is InChI=1S/C17H25NO5/c1-6-22-14-11(2)8-7-9-12(14)10-13(15(19)20)18-16(21)23-17(3,4)5/h7-9,13H,6,10H2,1-5H3,(H,18,21)(H,19,20). The van der Waals surface area contributed by atoms with Crippen LogP contribution < -0.4 is 10.1 Å². The van der Waals surface area contributed by atoms with E-state index in [0.717, 1.165) is 11.1 Å². The van der Waals surface area contributed by atoms with Gasteiger partial charge in [0.15, 0.2) is 0 Å². The highest BCUT2D eigenvalue weighted by Gasteiger charge is 2.25. The first-order valence-electron chi connectivity index (χ1n) is 7.57. The van der Waals surface area contributed by atoms with Gasteiger partial charge in [0, 0.05) is 6.42 Å². The number of carboxylic acid groups (broad SMARTS) is 1. The van der Waals surface area contributed by atoms with Gasteiger partial charge in [0.25, 0.3) is 0 Å². The van der Waals surface area contributed by atoms with Crippen LogP contribution in [0.25, 0.3) is 0 Å². The van der Waals surface area contributed by atoms with Crippen molar-refractivity contribution in [2.24, 2.45) is 0 Å². The Morgan fingerprint density at radius 2 is 1.96 bits per heavy atom. The van der Waals surface area contributed by atoms with E-state index in [4.69, 9.17) is 9.47 Å². The molecule has 0 heterocycles. The summed E-state index contributed by atoms with van der Waals surface area (Å²) in [5, 5.41) is 11.8. The van der Waals surface area contributed by atoms with Crippen molar-refractivity contribution in [1.29, 1.82) is 0 Å². The predicted molar refractivity (Wildman–Crippen MR) is 86.8 cm³/mol. The van der Waals surface area contributed by atoms with Crippen LogP contribution in [0, 0.1) is 6.92 Å². The van der Waals surface area contributed by atoms with Crippen LogP contribution in [-0.2, 0) is 16.0 Å². The van der Waals surface area contributed by atoms with E-state index in [0.29, 0.717) is 12.4 Å². The molecule has 1 amide bonds. The first-order valence-corrected chi connectivity index (χ1v) is 7.57. The molecule has 0 aliphatic rings. The maximum absolute atomic E-state index is 11.8. The van der Waals surface area contributed by atoms with Gasteiger partial charge < -0.3 is 19.9 Å². The average Bonchev–Trinajstić information content (AvgIpc) is 2.39. The largest absolute Gasteiger partial charge is 0.493 e. The molecule has 1 unspecified atom stereocenters. The molecule has 6 heteroatoms. The van der Waals surface area contributed by atoms with E-state index in [1.54, 1.807) is 26.8 Å². The topological polar surface area (TPSA) is 84.9 Å². The second-order valence-corrected chi connectivity index (χ2v) is 6.24. The summed E-state index contributed by atoms with van der Waals surface area (Å²) >= 11 is 0. The maximum atomic E-state index is 11.8. The van der Waals surface area contributed by atoms with E-state index in [-0.39, 0.29) is 6.42 Å². The minimum atomic E-state index is -1.13. The summed E-state index contributed by atoms with van der Waals surface area (Å²) in [5.41, 5.74) is 0.966. The molecule has 0 saturated carbocycles. The molecule has 128 valence electrons. The number of nitrogens with one attached hydrogen (secondary N) is 1. The lowest BCUT2D eigenvalue weighted by molar-refractivity contribution is -0.139. The SMILES string of the molecule is CCOc1c(C)cccc1CC(NC(=O)OC(C)(C)C)C(=O)O. The van der Waals surface area contributed by atoms with Crippen LogP contribution in [0.3, 0.4) is 0 Å². The number of carbonyl (C=O) groups excluding carboxylic acids is 1. The molecule has 2 N–H and O–H groups in total. The molecular weight excluding hydrogens is 298 g/mol. The van der Waals surface area contributed by atoms with Gasteiger partial charge in [0.05, 0.1) is 6.61 Å². The lowest BCUT2D eigenvalue weighted by Gasteiger charge is -2.22. The fourth-order valence-electron chi connectivity index (χ4n) is 2.09. The molecular formula is C17H25NO5. The summed E-state index contributed by atoms with van der Waals surface area (Å²) < 4.78 is 10.7. The summed E-state index contributed by atoms with van der Waals surface area (Å²) in [6, 6.07) is 4.43. The number of benzene rings is 1. The van der Waals surface area contributed by atoms with Crippen LogP contribution in [0.15, 0.2) is 18.2 Å². The fraction of sp³-hybridized carbons (Fsp3) is 0.529. The van der Waals surface area contributed by atoms with Crippen molar-refractivity contribution in [2.75, 3.05) is 6.61 Å². The summed E-state index contributed by atoms with van der Waals surface area (Å²) in [6.45, 7) is 9.40. The minimum absolute atomic E-state index is 0.117. The van der Waals surface area contributed by atoms with Gasteiger partial charge >= 0.3 is 12.1 Å². The van der Waals surface area contributed by atoms with Gasteiger partial charge in [-0.2, -0.15) is 0 Å². The summed E-state index contributed by atoms with van der Waals surface area (Å²) in [7, 11) is 0. The molecule has 1 atom stereocenters. The van der Waals surface area contributed by atoms with Crippen molar-refractivity contribution in [1.82, 2.24) is 5.32 Å². The minimum Gasteiger partial charge on any atom is -0.493 e. The van der Waals surface area contributed by atoms with Crippen LogP contribution in [0.2, 0.25) is 0 Å². The number of ether oxygens (including phenoxy) is 2. The lowest BCUT2D eigenvalue weighted by Crippen LogP contribution is -2.44. The number of para-hydroxylation sites is 1. The predicted octanol–water partition coefficient (Wildman–Crippen LogP) is 2.91. The van der Waals surface area contributed by atoms with E-state index < -0.39 is 23.7 Å². The molecule has 0 aliphatic heterocycles. The number of carboxylic acids is 1. The van der Waals surface area contributed by atoms with Crippen LogP contribution >= 0.6 is 0 Å². The smallest absolute Gasteiger partial charge is 0.408 e. The number of carbonyl (C=O) groups is 2. The number of rotatable bonds is 6. The summed E-state index contributed by atoms with van der Waals surface area (Å²) in [6.07, 6.45) is -0.637. The number of hydrogen-bond donors (Lipinski definition) is 2. The molecule has 1 aromatic carbocycles. The molecule has 0 radical (unpaired) electrons. The number of hydrogen-bond acceptors (Lipinski definition) is 4. The Hall–Kier alpha value is -2.24. The summed E-state index contributed by atoms with van der Waals surface area (Å²) in [4.78, 5) is 23.3. The monoisotopic (exact) mass is 323 g/mol. The highest BCUT2D eigenvalue weighted by atomic mass is 16.6. The zero-order chi connectivity index (χ0) is 17.6. The number of alkyl carbamates (subject to hydrolysis) is 1. The van der Waals surface area contributed by atoms with Crippen LogP contribution in [-0.4, -0.2) is 35.4 Å². The maximum Gasteiger partial charge on any atom is 0.408 e. The number of amides is 1. The van der Waals surface area contributed by atoms with Crippen molar-refractivity contribution >= 4 is 12.1 Å². The zero-order valence-electron chi connectivity index (χ0n) is 14.3. The van der Waals surface area contributed by atoms with Gasteiger partial charge in [0.2, 0.25) is 0 Å². The molecule has 6 nitrogen and oxygen atoms in total. The van der Waals surface area contributed by atoms with E-state index in [1.807, 2.05) is 26.0 Å². The number of aliphatic carboxylic acids is 1. The van der Waals surface area contributed by atoms with E-state index >= 15 is 0 Å². The van der Waals surface area contributed by atoms with Crippen LogP contribution in [0.1, 0.15) is 38.8 Å². The Kier molecular flexibility index (Phi) is 6.42. The van der Waals surface area contributed by atoms with Crippen molar-refractivity contribution < 1.29 is 24.2 Å². The van der Waals surface area contributed by atoms with E-state index in [1.165, 1.54) is 0 Å². The third kappa shape index (κ3) is 6.18. The van der Waals surface area contributed by atoms with Gasteiger partial charge in [-0.3, -0.25) is 0 Å².